The Bertz CT molecular complexity index is 515. The number of thiophene rings is 1. The summed E-state index contributed by atoms with van der Waals surface area (Å²) in [6.45, 7) is 6.62. The fourth-order valence-corrected chi connectivity index (χ4v) is 3.15. The molecule has 20 heavy (non-hydrogen) atoms. The monoisotopic (exact) mass is 291 g/mol. The van der Waals surface area contributed by atoms with E-state index < -0.39 is 0 Å². The quantitative estimate of drug-likeness (QED) is 0.818. The van der Waals surface area contributed by atoms with Crippen LogP contribution in [0, 0.1) is 17.8 Å². The van der Waals surface area contributed by atoms with E-state index in [-0.39, 0.29) is 5.91 Å². The van der Waals surface area contributed by atoms with Crippen LogP contribution >= 0.6 is 11.3 Å². The summed E-state index contributed by atoms with van der Waals surface area (Å²) in [5.41, 5.74) is 5.33. The number of amides is 1. The summed E-state index contributed by atoms with van der Waals surface area (Å²) < 4.78 is 0. The largest absolute Gasteiger partial charge is 0.351 e. The molecule has 4 nitrogen and oxygen atoms in total. The Morgan fingerprint density at radius 3 is 3.15 bits per heavy atom. The lowest BCUT2D eigenvalue weighted by atomic mass is 10.1. The van der Waals surface area contributed by atoms with E-state index in [1.165, 1.54) is 17.8 Å². The summed E-state index contributed by atoms with van der Waals surface area (Å²) in [7, 11) is 0. The molecule has 108 valence electrons. The normalized spacial score (nSPS) is 18.6. The highest BCUT2D eigenvalue weighted by atomic mass is 32.1. The van der Waals surface area contributed by atoms with Gasteiger partial charge in [0.05, 0.1) is 16.3 Å². The maximum Gasteiger partial charge on any atom is 0.261 e. The van der Waals surface area contributed by atoms with Crippen molar-refractivity contribution in [2.24, 2.45) is 11.7 Å². The fourth-order valence-electron chi connectivity index (χ4n) is 2.36. The van der Waals surface area contributed by atoms with Crippen molar-refractivity contribution in [2.45, 2.75) is 13.3 Å². The Kier molecular flexibility index (Phi) is 5.60. The minimum atomic E-state index is 0.00532. The lowest BCUT2D eigenvalue weighted by Gasteiger charge is -2.13. The van der Waals surface area contributed by atoms with Crippen molar-refractivity contribution >= 4 is 17.2 Å². The number of carbonyl (C=O) groups is 1. The number of hydrogen-bond acceptors (Lipinski definition) is 4. The van der Waals surface area contributed by atoms with E-state index in [0.29, 0.717) is 12.5 Å². The molecule has 1 amide bonds. The predicted molar refractivity (Wildman–Crippen MR) is 82.8 cm³/mol. The molecule has 0 radical (unpaired) electrons. The minimum absolute atomic E-state index is 0.00532. The third kappa shape index (κ3) is 4.07. The molecular formula is C15H21N3OS. The van der Waals surface area contributed by atoms with Crippen LogP contribution in [0.2, 0.25) is 0 Å². The molecule has 1 unspecified atom stereocenters. The van der Waals surface area contributed by atoms with Gasteiger partial charge in [0.15, 0.2) is 0 Å². The van der Waals surface area contributed by atoms with E-state index >= 15 is 0 Å². The van der Waals surface area contributed by atoms with Crippen LogP contribution in [-0.4, -0.2) is 43.5 Å². The molecule has 3 N–H and O–H groups in total. The number of carbonyl (C=O) groups excluding carboxylic acids is 1. The van der Waals surface area contributed by atoms with Gasteiger partial charge >= 0.3 is 0 Å². The van der Waals surface area contributed by atoms with Crippen LogP contribution in [0.3, 0.4) is 0 Å². The average Bonchev–Trinajstić information content (AvgIpc) is 3.11. The second-order valence-corrected chi connectivity index (χ2v) is 6.01. The molecule has 2 heterocycles. The van der Waals surface area contributed by atoms with Crippen molar-refractivity contribution in [1.29, 1.82) is 0 Å². The van der Waals surface area contributed by atoms with Crippen molar-refractivity contribution in [3.05, 3.63) is 21.9 Å². The van der Waals surface area contributed by atoms with Crippen molar-refractivity contribution in [1.82, 2.24) is 10.2 Å². The Morgan fingerprint density at radius 2 is 2.45 bits per heavy atom. The summed E-state index contributed by atoms with van der Waals surface area (Å²) in [6, 6.07) is 3.70. The minimum Gasteiger partial charge on any atom is -0.351 e. The molecule has 2 rings (SSSR count). The van der Waals surface area contributed by atoms with Crippen LogP contribution in [-0.2, 0) is 0 Å². The first-order valence-corrected chi connectivity index (χ1v) is 7.84. The molecule has 0 saturated carbocycles. The Labute approximate surface area is 124 Å². The number of nitrogens with zero attached hydrogens (tertiary/aromatic N) is 1. The SMILES string of the molecule is CCN1CCC(CNC(=O)c2ccc(C#CCN)s2)C1. The van der Waals surface area contributed by atoms with Gasteiger partial charge in [-0.25, -0.2) is 0 Å². The van der Waals surface area contributed by atoms with E-state index in [2.05, 4.69) is 29.0 Å². The van der Waals surface area contributed by atoms with Gasteiger partial charge in [-0.15, -0.1) is 11.3 Å². The highest BCUT2D eigenvalue weighted by Crippen LogP contribution is 2.17. The van der Waals surface area contributed by atoms with Crippen LogP contribution in [0.15, 0.2) is 12.1 Å². The number of rotatable bonds is 4. The van der Waals surface area contributed by atoms with Crippen LogP contribution < -0.4 is 11.1 Å². The molecule has 0 aliphatic carbocycles. The highest BCUT2D eigenvalue weighted by Gasteiger charge is 2.21. The third-order valence-electron chi connectivity index (χ3n) is 3.51. The summed E-state index contributed by atoms with van der Waals surface area (Å²) in [4.78, 5) is 16.1. The van der Waals surface area contributed by atoms with Crippen molar-refractivity contribution in [2.75, 3.05) is 32.7 Å². The smallest absolute Gasteiger partial charge is 0.261 e. The summed E-state index contributed by atoms with van der Waals surface area (Å²) >= 11 is 1.42. The first kappa shape index (κ1) is 15.0. The van der Waals surface area contributed by atoms with Gasteiger partial charge in [-0.3, -0.25) is 4.79 Å². The van der Waals surface area contributed by atoms with Crippen molar-refractivity contribution in [3.8, 4) is 11.8 Å². The standard InChI is InChI=1S/C15H21N3OS/c1-2-18-9-7-12(11-18)10-17-15(19)14-6-5-13(20-14)4-3-8-16/h5-6,12H,2,7-11,16H2,1H3,(H,17,19). The van der Waals surface area contributed by atoms with Gasteiger partial charge in [-0.2, -0.15) is 0 Å². The molecular weight excluding hydrogens is 270 g/mol. The van der Waals surface area contributed by atoms with E-state index in [1.54, 1.807) is 0 Å². The number of nitrogens with one attached hydrogen (secondary N) is 1. The molecule has 1 aliphatic rings. The topological polar surface area (TPSA) is 58.4 Å². The predicted octanol–water partition coefficient (Wildman–Crippen LogP) is 1.13. The average molecular weight is 291 g/mol. The summed E-state index contributed by atoms with van der Waals surface area (Å²) in [6.07, 6.45) is 1.17. The molecule has 1 aromatic heterocycles. The van der Waals surface area contributed by atoms with Gasteiger partial charge in [-0.05, 0) is 37.6 Å². The van der Waals surface area contributed by atoms with Gasteiger partial charge in [-0.1, -0.05) is 18.8 Å². The van der Waals surface area contributed by atoms with Gasteiger partial charge in [0.1, 0.15) is 0 Å². The highest BCUT2D eigenvalue weighted by molar-refractivity contribution is 7.14. The maximum absolute atomic E-state index is 12.1. The van der Waals surface area contributed by atoms with Crippen LogP contribution in [0.1, 0.15) is 27.9 Å². The molecule has 1 saturated heterocycles. The summed E-state index contributed by atoms with van der Waals surface area (Å²) in [5, 5.41) is 3.03. The maximum atomic E-state index is 12.1. The summed E-state index contributed by atoms with van der Waals surface area (Å²) in [5.74, 6) is 6.33. The van der Waals surface area contributed by atoms with Crippen molar-refractivity contribution in [3.63, 3.8) is 0 Å². The lowest BCUT2D eigenvalue weighted by molar-refractivity contribution is 0.0951. The molecule has 0 bridgehead atoms. The zero-order valence-corrected chi connectivity index (χ0v) is 12.6. The molecule has 5 heteroatoms. The first-order chi connectivity index (χ1) is 9.72. The van der Waals surface area contributed by atoms with E-state index in [0.717, 1.165) is 35.9 Å². The van der Waals surface area contributed by atoms with Crippen LogP contribution in [0.5, 0.6) is 0 Å². The Balaban J connectivity index is 1.81. The van der Waals surface area contributed by atoms with Gasteiger partial charge in [0.25, 0.3) is 5.91 Å². The van der Waals surface area contributed by atoms with Gasteiger partial charge in [0.2, 0.25) is 0 Å². The Hall–Kier alpha value is -1.35. The zero-order valence-electron chi connectivity index (χ0n) is 11.8. The van der Waals surface area contributed by atoms with E-state index in [4.69, 9.17) is 5.73 Å². The molecule has 0 aromatic carbocycles. The Morgan fingerprint density at radius 1 is 1.60 bits per heavy atom. The molecule has 1 aliphatic heterocycles. The van der Waals surface area contributed by atoms with Crippen LogP contribution in [0.4, 0.5) is 0 Å². The molecule has 1 fully saturated rings. The number of hydrogen-bond donors (Lipinski definition) is 2. The lowest BCUT2D eigenvalue weighted by Crippen LogP contribution is -2.30. The number of likely N-dealkylation sites (tertiary alicyclic amines) is 1. The molecule has 0 spiro atoms. The van der Waals surface area contributed by atoms with Crippen LogP contribution in [0.25, 0.3) is 0 Å². The second kappa shape index (κ2) is 7.44. The van der Waals surface area contributed by atoms with E-state index in [1.807, 2.05) is 12.1 Å². The van der Waals surface area contributed by atoms with Gasteiger partial charge < -0.3 is 16.0 Å². The van der Waals surface area contributed by atoms with E-state index in [9.17, 15) is 4.79 Å². The zero-order chi connectivity index (χ0) is 14.4. The molecule has 1 atom stereocenters. The van der Waals surface area contributed by atoms with Crippen molar-refractivity contribution < 1.29 is 4.79 Å². The second-order valence-electron chi connectivity index (χ2n) is 4.93. The number of nitrogens with two attached hydrogens (primary N) is 1. The first-order valence-electron chi connectivity index (χ1n) is 7.02. The molecule has 1 aromatic rings. The van der Waals surface area contributed by atoms with Gasteiger partial charge in [0, 0.05) is 13.1 Å². The third-order valence-corrected chi connectivity index (χ3v) is 4.51. The fraction of sp³-hybridized carbons (Fsp3) is 0.533.